The molecular weight excluding hydrogens is 240 g/mol. The lowest BCUT2D eigenvalue weighted by molar-refractivity contribution is 1.21. The van der Waals surface area contributed by atoms with Crippen LogP contribution in [0.5, 0.6) is 0 Å². The topological polar surface area (TPSA) is 76.8 Å². The first-order valence-electron chi connectivity index (χ1n) is 5.62. The molecule has 0 aliphatic heterocycles. The highest BCUT2D eigenvalue weighted by molar-refractivity contribution is 6.83. The zero-order valence-corrected chi connectivity index (χ0v) is 11.9. The molecule has 0 aliphatic carbocycles. The molecule has 0 atom stereocenters. The highest BCUT2D eigenvalue weighted by atomic mass is 28.3. The van der Waals surface area contributed by atoms with E-state index in [0.29, 0.717) is 0 Å². The molecular formula is C13H18N4Si. The van der Waals surface area contributed by atoms with E-state index >= 15 is 0 Å². The van der Waals surface area contributed by atoms with Crippen molar-refractivity contribution >= 4 is 20.2 Å². The quantitative estimate of drug-likeness (QED) is 0.277. The number of guanidine groups is 1. The summed E-state index contributed by atoms with van der Waals surface area (Å²) in [4.78, 5) is 0. The number of benzene rings is 1. The van der Waals surface area contributed by atoms with Crippen LogP contribution in [0.25, 0.3) is 0 Å². The Kier molecular flexibility index (Phi) is 4.69. The van der Waals surface area contributed by atoms with Crippen LogP contribution in [0.2, 0.25) is 19.6 Å². The summed E-state index contributed by atoms with van der Waals surface area (Å²) in [6, 6.07) is 7.79. The first-order valence-corrected chi connectivity index (χ1v) is 9.12. The van der Waals surface area contributed by atoms with Crippen LogP contribution in [0, 0.1) is 11.5 Å². The summed E-state index contributed by atoms with van der Waals surface area (Å²) in [5.41, 5.74) is 15.6. The SMILES string of the molecule is C[Si](C)(C)C#Cc1ccc(C=NN=C(N)N)cc1. The zero-order chi connectivity index (χ0) is 13.6. The number of nitrogens with two attached hydrogens (primary N) is 2. The van der Waals surface area contributed by atoms with Crippen LogP contribution >= 0.6 is 0 Å². The Morgan fingerprint density at radius 2 is 1.78 bits per heavy atom. The van der Waals surface area contributed by atoms with Crippen LogP contribution in [0.1, 0.15) is 11.1 Å². The summed E-state index contributed by atoms with van der Waals surface area (Å²) in [5, 5.41) is 7.27. The maximum Gasteiger partial charge on any atom is 0.211 e. The fraction of sp³-hybridized carbons (Fsp3) is 0.231. The van der Waals surface area contributed by atoms with Gasteiger partial charge in [0.25, 0.3) is 0 Å². The molecule has 0 spiro atoms. The van der Waals surface area contributed by atoms with Crippen molar-refractivity contribution in [3.8, 4) is 11.5 Å². The molecule has 0 bridgehead atoms. The summed E-state index contributed by atoms with van der Waals surface area (Å²) in [6.45, 7) is 6.66. The predicted octanol–water partition coefficient (Wildman–Crippen LogP) is 1.52. The molecule has 0 fully saturated rings. The van der Waals surface area contributed by atoms with E-state index in [1.807, 2.05) is 24.3 Å². The Bertz CT molecular complexity index is 509. The van der Waals surface area contributed by atoms with E-state index in [9.17, 15) is 0 Å². The van der Waals surface area contributed by atoms with E-state index in [0.717, 1.165) is 11.1 Å². The predicted molar refractivity (Wildman–Crippen MR) is 80.1 cm³/mol. The van der Waals surface area contributed by atoms with E-state index < -0.39 is 8.07 Å². The third-order valence-corrected chi connectivity index (χ3v) is 2.75. The lowest BCUT2D eigenvalue weighted by Gasteiger charge is -2.03. The molecule has 5 heteroatoms. The van der Waals surface area contributed by atoms with Crippen molar-refractivity contribution in [3.63, 3.8) is 0 Å². The standard InChI is InChI=1S/C13H18N4Si/c1-18(2,3)9-8-11-4-6-12(7-5-11)10-16-17-13(14)15/h4-7,10H,1-3H3,(H4,14,15,17). The smallest absolute Gasteiger partial charge is 0.211 e. The van der Waals surface area contributed by atoms with E-state index in [2.05, 4.69) is 41.3 Å². The molecule has 18 heavy (non-hydrogen) atoms. The normalized spacial score (nSPS) is 10.8. The summed E-state index contributed by atoms with van der Waals surface area (Å²) in [6.07, 6.45) is 1.59. The Hall–Kier alpha value is -2.06. The van der Waals surface area contributed by atoms with Gasteiger partial charge in [0.1, 0.15) is 8.07 Å². The largest absolute Gasteiger partial charge is 0.369 e. The van der Waals surface area contributed by atoms with E-state index in [1.54, 1.807) is 6.21 Å². The van der Waals surface area contributed by atoms with Gasteiger partial charge in [-0.05, 0) is 17.7 Å². The maximum absolute atomic E-state index is 5.16. The minimum absolute atomic E-state index is 0.0520. The molecule has 0 heterocycles. The third kappa shape index (κ3) is 5.87. The Morgan fingerprint density at radius 3 is 2.28 bits per heavy atom. The van der Waals surface area contributed by atoms with Gasteiger partial charge in [-0.1, -0.05) is 37.7 Å². The lowest BCUT2D eigenvalue weighted by atomic mass is 10.1. The van der Waals surface area contributed by atoms with Gasteiger partial charge in [-0.2, -0.15) is 5.10 Å². The average Bonchev–Trinajstić information content (AvgIpc) is 2.26. The van der Waals surface area contributed by atoms with Gasteiger partial charge in [-0.3, -0.25) is 0 Å². The van der Waals surface area contributed by atoms with Crippen LogP contribution in [0.15, 0.2) is 34.5 Å². The van der Waals surface area contributed by atoms with Gasteiger partial charge in [0.05, 0.1) is 6.21 Å². The molecule has 0 saturated carbocycles. The number of rotatable bonds is 2. The summed E-state index contributed by atoms with van der Waals surface area (Å²) < 4.78 is 0. The highest BCUT2D eigenvalue weighted by Crippen LogP contribution is 2.03. The lowest BCUT2D eigenvalue weighted by Crippen LogP contribution is -2.21. The Balaban J connectivity index is 2.77. The van der Waals surface area contributed by atoms with E-state index in [4.69, 9.17) is 11.5 Å². The molecule has 1 rings (SSSR count). The molecule has 0 aliphatic rings. The van der Waals surface area contributed by atoms with Gasteiger partial charge in [0.15, 0.2) is 0 Å². The van der Waals surface area contributed by atoms with Crippen LogP contribution in [0.3, 0.4) is 0 Å². The molecule has 1 aromatic rings. The van der Waals surface area contributed by atoms with Gasteiger partial charge in [0.2, 0.25) is 5.96 Å². The van der Waals surface area contributed by atoms with E-state index in [-0.39, 0.29) is 5.96 Å². The maximum atomic E-state index is 5.16. The van der Waals surface area contributed by atoms with Crippen molar-refractivity contribution in [1.29, 1.82) is 0 Å². The molecule has 0 amide bonds. The van der Waals surface area contributed by atoms with Crippen LogP contribution < -0.4 is 11.5 Å². The van der Waals surface area contributed by atoms with Crippen molar-refractivity contribution in [3.05, 3.63) is 35.4 Å². The molecule has 94 valence electrons. The molecule has 0 radical (unpaired) electrons. The number of nitrogens with zero attached hydrogens (tertiary/aromatic N) is 2. The van der Waals surface area contributed by atoms with Crippen LogP contribution in [0.4, 0.5) is 0 Å². The van der Waals surface area contributed by atoms with Gasteiger partial charge in [-0.25, -0.2) is 0 Å². The summed E-state index contributed by atoms with van der Waals surface area (Å²) >= 11 is 0. The van der Waals surface area contributed by atoms with Crippen molar-refractivity contribution in [2.24, 2.45) is 21.7 Å². The Labute approximate surface area is 109 Å². The van der Waals surface area contributed by atoms with E-state index in [1.165, 1.54) is 0 Å². The fourth-order valence-electron chi connectivity index (χ4n) is 1.07. The Morgan fingerprint density at radius 1 is 1.17 bits per heavy atom. The minimum Gasteiger partial charge on any atom is -0.369 e. The van der Waals surface area contributed by atoms with Crippen molar-refractivity contribution in [2.75, 3.05) is 0 Å². The van der Waals surface area contributed by atoms with Gasteiger partial charge >= 0.3 is 0 Å². The van der Waals surface area contributed by atoms with Gasteiger partial charge in [-0.15, -0.1) is 10.6 Å². The first kappa shape index (κ1) is 14.0. The van der Waals surface area contributed by atoms with Gasteiger partial charge in [0, 0.05) is 5.56 Å². The third-order valence-electron chi connectivity index (χ3n) is 1.87. The highest BCUT2D eigenvalue weighted by Gasteiger charge is 2.07. The summed E-state index contributed by atoms with van der Waals surface area (Å²) in [7, 11) is -1.32. The first-order chi connectivity index (χ1) is 8.37. The van der Waals surface area contributed by atoms with Gasteiger partial charge < -0.3 is 11.5 Å². The minimum atomic E-state index is -1.32. The van der Waals surface area contributed by atoms with Crippen molar-refractivity contribution in [1.82, 2.24) is 0 Å². The van der Waals surface area contributed by atoms with Crippen molar-refractivity contribution in [2.45, 2.75) is 19.6 Å². The van der Waals surface area contributed by atoms with Crippen LogP contribution in [-0.4, -0.2) is 20.2 Å². The second-order valence-corrected chi connectivity index (χ2v) is 9.64. The second kappa shape index (κ2) is 6.03. The molecule has 0 saturated heterocycles. The number of hydrogen-bond donors (Lipinski definition) is 2. The van der Waals surface area contributed by atoms with Crippen molar-refractivity contribution < 1.29 is 0 Å². The average molecular weight is 258 g/mol. The summed E-state index contributed by atoms with van der Waals surface area (Å²) in [5.74, 6) is 3.13. The number of hydrogen-bond acceptors (Lipinski definition) is 2. The molecule has 4 N–H and O–H groups in total. The zero-order valence-electron chi connectivity index (χ0n) is 10.9. The fourth-order valence-corrected chi connectivity index (χ4v) is 1.59. The second-order valence-electron chi connectivity index (χ2n) is 4.89. The monoisotopic (exact) mass is 258 g/mol. The molecule has 1 aromatic carbocycles. The molecule has 4 nitrogen and oxygen atoms in total. The molecule has 0 unspecified atom stereocenters. The van der Waals surface area contributed by atoms with Crippen LogP contribution in [-0.2, 0) is 0 Å². The molecule has 0 aromatic heterocycles.